The van der Waals surface area contributed by atoms with E-state index in [0.29, 0.717) is 25.6 Å². The highest BCUT2D eigenvalue weighted by molar-refractivity contribution is 7.90. The lowest BCUT2D eigenvalue weighted by Gasteiger charge is -2.34. The van der Waals surface area contributed by atoms with Crippen molar-refractivity contribution >= 4 is 25.7 Å². The molecule has 2 atom stereocenters. The van der Waals surface area contributed by atoms with E-state index in [1.165, 1.54) is 24.3 Å². The van der Waals surface area contributed by atoms with E-state index in [1.807, 2.05) is 4.90 Å². The van der Waals surface area contributed by atoms with Crippen LogP contribution in [0.15, 0.2) is 47.4 Å². The molecule has 0 aromatic heterocycles. The normalized spacial score (nSPS) is 21.7. The van der Waals surface area contributed by atoms with Gasteiger partial charge in [0.05, 0.1) is 11.9 Å². The summed E-state index contributed by atoms with van der Waals surface area (Å²) < 4.78 is 110. The highest BCUT2D eigenvalue weighted by Gasteiger charge is 2.50. The maximum absolute atomic E-state index is 14.9. The van der Waals surface area contributed by atoms with Gasteiger partial charge in [-0.1, -0.05) is 12.1 Å². The SMILES string of the molecule is CC(F)(NS(=O)(=O)C(F)(F)F)c1cccc(Oc2ccc3c(c2)S(=O)(=O)NC2CCCN32)c1. The van der Waals surface area contributed by atoms with Crippen LogP contribution in [0.3, 0.4) is 0 Å². The summed E-state index contributed by atoms with van der Waals surface area (Å²) in [6.07, 6.45) is 1.20. The molecule has 4 rings (SSSR count). The van der Waals surface area contributed by atoms with Gasteiger partial charge >= 0.3 is 15.5 Å². The Kier molecular flexibility index (Phi) is 5.62. The summed E-state index contributed by atoms with van der Waals surface area (Å²) in [5.41, 5.74) is -5.61. The van der Waals surface area contributed by atoms with Gasteiger partial charge in [0.25, 0.3) is 0 Å². The standard InChI is InChI=1S/C19H19F4N3O5S2/c1-18(20,25-33(29,30)19(21,22)23)12-4-2-5-13(10-12)31-14-7-8-15-16(11-14)32(27,28)24-17-6-3-9-26(15)17/h2,4-5,7-8,10-11,17,24-25H,3,6,9H2,1H3. The zero-order valence-electron chi connectivity index (χ0n) is 17.1. The maximum Gasteiger partial charge on any atom is 0.511 e. The number of nitrogens with one attached hydrogen (secondary N) is 2. The molecule has 0 amide bonds. The number of hydrogen-bond donors (Lipinski definition) is 2. The molecule has 2 aromatic rings. The molecule has 14 heteroatoms. The number of rotatable bonds is 5. The first kappa shape index (κ1) is 23.7. The van der Waals surface area contributed by atoms with E-state index < -0.39 is 36.9 Å². The first-order valence-corrected chi connectivity index (χ1v) is 12.7. The maximum atomic E-state index is 14.9. The lowest BCUT2D eigenvalue weighted by atomic mass is 10.1. The molecule has 0 radical (unpaired) electrons. The topological polar surface area (TPSA) is 105 Å². The second kappa shape index (κ2) is 7.82. The number of alkyl halides is 4. The molecule has 1 fully saturated rings. The predicted molar refractivity (Wildman–Crippen MR) is 110 cm³/mol. The van der Waals surface area contributed by atoms with Crippen molar-refractivity contribution in [3.05, 3.63) is 48.0 Å². The molecule has 2 aromatic carbocycles. The van der Waals surface area contributed by atoms with E-state index in [4.69, 9.17) is 4.74 Å². The summed E-state index contributed by atoms with van der Waals surface area (Å²) in [5, 5.41) is 0. The Labute approximate surface area is 187 Å². The Balaban J connectivity index is 1.61. The second-order valence-electron chi connectivity index (χ2n) is 7.79. The molecule has 0 bridgehead atoms. The highest BCUT2D eigenvalue weighted by Crippen LogP contribution is 2.39. The van der Waals surface area contributed by atoms with Gasteiger partial charge in [0.2, 0.25) is 10.0 Å². The summed E-state index contributed by atoms with van der Waals surface area (Å²) in [7, 11) is -9.74. The molecule has 180 valence electrons. The van der Waals surface area contributed by atoms with Gasteiger partial charge < -0.3 is 9.64 Å². The van der Waals surface area contributed by atoms with Gasteiger partial charge in [-0.05, 0) is 44.0 Å². The summed E-state index contributed by atoms with van der Waals surface area (Å²) in [4.78, 5) is 1.94. The fourth-order valence-electron chi connectivity index (χ4n) is 3.79. The minimum atomic E-state index is -5.95. The number of nitrogens with zero attached hydrogens (tertiary/aromatic N) is 1. The van der Waals surface area contributed by atoms with Crippen molar-refractivity contribution in [1.29, 1.82) is 0 Å². The van der Waals surface area contributed by atoms with Crippen molar-refractivity contribution in [3.8, 4) is 11.5 Å². The highest BCUT2D eigenvalue weighted by atomic mass is 32.2. The van der Waals surface area contributed by atoms with E-state index in [0.717, 1.165) is 23.3 Å². The molecular weight excluding hydrogens is 490 g/mol. The smallest absolute Gasteiger partial charge is 0.457 e. The fourth-order valence-corrected chi connectivity index (χ4v) is 5.99. The van der Waals surface area contributed by atoms with Gasteiger partial charge in [-0.2, -0.15) is 22.6 Å². The molecule has 2 aliphatic rings. The average molecular weight is 510 g/mol. The van der Waals surface area contributed by atoms with Crippen LogP contribution in [-0.2, 0) is 25.8 Å². The number of ether oxygens (including phenoxy) is 1. The lowest BCUT2D eigenvalue weighted by molar-refractivity contribution is -0.0471. The number of fused-ring (bicyclic) bond motifs is 3. The average Bonchev–Trinajstić information content (AvgIpc) is 3.14. The van der Waals surface area contributed by atoms with Crippen molar-refractivity contribution in [2.75, 3.05) is 11.4 Å². The lowest BCUT2D eigenvalue weighted by Crippen LogP contribution is -2.48. The van der Waals surface area contributed by atoms with Crippen LogP contribution in [0.4, 0.5) is 23.2 Å². The van der Waals surface area contributed by atoms with Crippen LogP contribution in [0.1, 0.15) is 25.3 Å². The van der Waals surface area contributed by atoms with Gasteiger partial charge in [0.15, 0.2) is 5.79 Å². The van der Waals surface area contributed by atoms with Crippen LogP contribution >= 0.6 is 0 Å². The van der Waals surface area contributed by atoms with Crippen molar-refractivity contribution in [2.24, 2.45) is 0 Å². The van der Waals surface area contributed by atoms with Crippen LogP contribution in [-0.4, -0.2) is 35.1 Å². The van der Waals surface area contributed by atoms with Crippen LogP contribution in [0.25, 0.3) is 0 Å². The Morgan fingerprint density at radius 1 is 1.12 bits per heavy atom. The van der Waals surface area contributed by atoms with E-state index in [2.05, 4.69) is 4.72 Å². The van der Waals surface area contributed by atoms with Gasteiger partial charge in [-0.15, -0.1) is 0 Å². The van der Waals surface area contributed by atoms with Crippen LogP contribution in [0.5, 0.6) is 11.5 Å². The van der Waals surface area contributed by atoms with Gasteiger partial charge in [-0.25, -0.2) is 21.2 Å². The quantitative estimate of drug-likeness (QED) is 0.474. The molecule has 33 heavy (non-hydrogen) atoms. The van der Waals surface area contributed by atoms with Crippen molar-refractivity contribution in [3.63, 3.8) is 0 Å². The largest absolute Gasteiger partial charge is 0.511 e. The Morgan fingerprint density at radius 2 is 1.82 bits per heavy atom. The Hall–Kier alpha value is -2.42. The Morgan fingerprint density at radius 3 is 2.52 bits per heavy atom. The first-order chi connectivity index (χ1) is 15.2. The summed E-state index contributed by atoms with van der Waals surface area (Å²) in [6, 6.07) is 9.11. The zero-order valence-corrected chi connectivity index (χ0v) is 18.7. The molecule has 1 saturated heterocycles. The third kappa shape index (κ3) is 4.52. The zero-order chi connectivity index (χ0) is 24.2. The molecule has 0 saturated carbocycles. The number of halogens is 4. The molecule has 2 N–H and O–H groups in total. The molecule has 2 unspecified atom stereocenters. The molecule has 2 heterocycles. The molecule has 0 aliphatic carbocycles. The second-order valence-corrected chi connectivity index (χ2v) is 11.1. The van der Waals surface area contributed by atoms with Gasteiger partial charge in [-0.3, -0.25) is 0 Å². The fraction of sp³-hybridized carbons (Fsp3) is 0.368. The minimum Gasteiger partial charge on any atom is -0.457 e. The Bertz CT molecular complexity index is 1300. The number of sulfonamides is 2. The monoisotopic (exact) mass is 509 g/mol. The predicted octanol–water partition coefficient (Wildman–Crippen LogP) is 3.28. The van der Waals surface area contributed by atoms with E-state index >= 15 is 0 Å². The van der Waals surface area contributed by atoms with Crippen LogP contribution in [0, 0.1) is 0 Å². The van der Waals surface area contributed by atoms with Crippen molar-refractivity contribution < 1.29 is 39.1 Å². The summed E-state index contributed by atoms with van der Waals surface area (Å²) >= 11 is 0. The van der Waals surface area contributed by atoms with E-state index in [1.54, 1.807) is 6.07 Å². The third-order valence-corrected chi connectivity index (χ3v) is 8.07. The van der Waals surface area contributed by atoms with Crippen LogP contribution < -0.4 is 19.1 Å². The molecular formula is C19H19F4N3O5S2. The van der Waals surface area contributed by atoms with E-state index in [9.17, 15) is 34.4 Å². The first-order valence-electron chi connectivity index (χ1n) is 9.70. The van der Waals surface area contributed by atoms with E-state index in [-0.39, 0.29) is 22.6 Å². The third-order valence-electron chi connectivity index (χ3n) is 5.32. The molecule has 2 aliphatic heterocycles. The minimum absolute atomic E-state index is 0.00238. The number of hydrogen-bond acceptors (Lipinski definition) is 6. The number of benzene rings is 2. The van der Waals surface area contributed by atoms with Gasteiger partial charge in [0, 0.05) is 18.2 Å². The number of anilines is 1. The summed E-state index contributed by atoms with van der Waals surface area (Å²) in [5.74, 6) is -3.05. The molecule has 8 nitrogen and oxygen atoms in total. The van der Waals surface area contributed by atoms with Crippen molar-refractivity contribution in [1.82, 2.24) is 9.44 Å². The van der Waals surface area contributed by atoms with Gasteiger partial charge in [0.1, 0.15) is 16.4 Å². The van der Waals surface area contributed by atoms with Crippen LogP contribution in [0.2, 0.25) is 0 Å². The molecule has 0 spiro atoms. The van der Waals surface area contributed by atoms with Crippen molar-refractivity contribution in [2.45, 2.75) is 42.1 Å². The summed E-state index contributed by atoms with van der Waals surface area (Å²) in [6.45, 7) is 1.31.